The van der Waals surface area contributed by atoms with Crippen molar-refractivity contribution in [1.29, 1.82) is 0 Å². The van der Waals surface area contributed by atoms with Gasteiger partial charge in [-0.25, -0.2) is 0 Å². The second kappa shape index (κ2) is 22.9. The lowest BCUT2D eigenvalue weighted by Crippen LogP contribution is -2.10. The minimum absolute atomic E-state index is 0. The molecule has 77 heavy (non-hydrogen) atoms. The molecule has 370 valence electrons. The summed E-state index contributed by atoms with van der Waals surface area (Å²) in [5, 5.41) is 0. The Morgan fingerprint density at radius 2 is 0.221 bits per heavy atom. The van der Waals surface area contributed by atoms with Crippen molar-refractivity contribution in [3.8, 4) is 33.4 Å². The summed E-state index contributed by atoms with van der Waals surface area (Å²) in [4.78, 5) is 9.22. The summed E-state index contributed by atoms with van der Waals surface area (Å²) in [5.41, 5.74) is 20.2. The number of nitrogens with zero attached hydrogens (tertiary/aromatic N) is 4. The SMILES string of the molecule is C.c1ccc(N(c2ccccc2)c2ccc(-c3ccc(N(c4ccccc4)c4ccc(-c5ccc(N(c6ccccc6)c6ccc(-c7ccc(N(c8ccccc8)c8ccccc8)cc7)cc6)cc5)cc4)cc3)cc2)cc1. The van der Waals surface area contributed by atoms with Gasteiger partial charge in [0.05, 0.1) is 0 Å². The molecule has 0 fully saturated rings. The Morgan fingerprint density at radius 1 is 0.117 bits per heavy atom. The van der Waals surface area contributed by atoms with Crippen LogP contribution in [0.1, 0.15) is 7.43 Å². The van der Waals surface area contributed by atoms with E-state index in [0.29, 0.717) is 0 Å². The molecule has 0 saturated carbocycles. The fourth-order valence-corrected chi connectivity index (χ4v) is 10.1. The quantitative estimate of drug-likeness (QED) is 0.101. The van der Waals surface area contributed by atoms with E-state index in [9.17, 15) is 0 Å². The van der Waals surface area contributed by atoms with Crippen LogP contribution < -0.4 is 19.6 Å². The molecule has 0 aliphatic heterocycles. The highest BCUT2D eigenvalue weighted by atomic mass is 15.2. The van der Waals surface area contributed by atoms with Crippen LogP contribution in [0.2, 0.25) is 0 Å². The summed E-state index contributed by atoms with van der Waals surface area (Å²) in [6, 6.07) is 117. The zero-order valence-corrected chi connectivity index (χ0v) is 42.0. The Bertz CT molecular complexity index is 3390. The number of benzene rings is 12. The molecule has 0 N–H and O–H groups in total. The molecule has 0 bridgehead atoms. The first-order valence-corrected chi connectivity index (χ1v) is 25.8. The molecule has 0 aromatic heterocycles. The van der Waals surface area contributed by atoms with Crippen molar-refractivity contribution in [2.75, 3.05) is 19.6 Å². The number of rotatable bonds is 15. The molecule has 0 amide bonds. The van der Waals surface area contributed by atoms with Gasteiger partial charge >= 0.3 is 0 Å². The van der Waals surface area contributed by atoms with Gasteiger partial charge in [-0.05, 0) is 179 Å². The van der Waals surface area contributed by atoms with Gasteiger partial charge < -0.3 is 19.6 Å². The molecule has 12 rings (SSSR count). The Labute approximate surface area is 453 Å². The highest BCUT2D eigenvalue weighted by molar-refractivity contribution is 5.84. The van der Waals surface area contributed by atoms with E-state index in [4.69, 9.17) is 0 Å². The largest absolute Gasteiger partial charge is 0.311 e. The van der Waals surface area contributed by atoms with Crippen LogP contribution in [0.15, 0.2) is 328 Å². The van der Waals surface area contributed by atoms with Gasteiger partial charge in [-0.1, -0.05) is 189 Å². The predicted molar refractivity (Wildman–Crippen MR) is 328 cm³/mol. The monoisotopic (exact) mass is 990 g/mol. The van der Waals surface area contributed by atoms with Gasteiger partial charge in [-0.15, -0.1) is 0 Å². The average molecular weight is 991 g/mol. The molecule has 0 radical (unpaired) electrons. The molecule has 12 aromatic carbocycles. The summed E-state index contributed by atoms with van der Waals surface area (Å²) in [7, 11) is 0. The average Bonchev–Trinajstić information content (AvgIpc) is 3.51. The van der Waals surface area contributed by atoms with E-state index in [2.05, 4.69) is 347 Å². The number of hydrogen-bond donors (Lipinski definition) is 0. The van der Waals surface area contributed by atoms with Gasteiger partial charge in [-0.3, -0.25) is 0 Å². The molecule has 4 heteroatoms. The summed E-state index contributed by atoms with van der Waals surface area (Å²) < 4.78 is 0. The van der Waals surface area contributed by atoms with Crippen LogP contribution in [0.3, 0.4) is 0 Å². The third-order valence-corrected chi connectivity index (χ3v) is 13.8. The van der Waals surface area contributed by atoms with Crippen LogP contribution in [0.5, 0.6) is 0 Å². The van der Waals surface area contributed by atoms with Crippen LogP contribution in [0.25, 0.3) is 33.4 Å². The van der Waals surface area contributed by atoms with Gasteiger partial charge in [0.15, 0.2) is 0 Å². The zero-order chi connectivity index (χ0) is 50.9. The Kier molecular flexibility index (Phi) is 14.6. The van der Waals surface area contributed by atoms with E-state index < -0.39 is 0 Å². The van der Waals surface area contributed by atoms with Crippen molar-refractivity contribution in [3.63, 3.8) is 0 Å². The van der Waals surface area contributed by atoms with Crippen LogP contribution in [-0.4, -0.2) is 0 Å². The number of para-hydroxylation sites is 6. The maximum atomic E-state index is 2.32. The van der Waals surface area contributed by atoms with Crippen molar-refractivity contribution in [2.45, 2.75) is 7.43 Å². The van der Waals surface area contributed by atoms with Crippen LogP contribution in [0, 0.1) is 0 Å². The van der Waals surface area contributed by atoms with E-state index in [1.54, 1.807) is 0 Å². The minimum atomic E-state index is 0. The van der Waals surface area contributed by atoms with Crippen molar-refractivity contribution in [1.82, 2.24) is 0 Å². The Balaban J connectivity index is 0.00000631. The third kappa shape index (κ3) is 10.8. The second-order valence-corrected chi connectivity index (χ2v) is 18.6. The Hall–Kier alpha value is -10.2. The highest BCUT2D eigenvalue weighted by Gasteiger charge is 2.18. The second-order valence-electron chi connectivity index (χ2n) is 18.6. The molecule has 0 unspecified atom stereocenters. The van der Waals surface area contributed by atoms with Gasteiger partial charge in [0, 0.05) is 68.2 Å². The number of hydrogen-bond acceptors (Lipinski definition) is 4. The molecule has 0 atom stereocenters. The lowest BCUT2D eigenvalue weighted by Gasteiger charge is -2.26. The first-order chi connectivity index (χ1) is 37.7. The molecular weight excluding hydrogens is 933 g/mol. The van der Waals surface area contributed by atoms with Crippen LogP contribution in [0.4, 0.5) is 68.2 Å². The fraction of sp³-hybridized carbons (Fsp3) is 0.0137. The standard InChI is InChI=1S/C72H54N4.CH4/c1-7-19-61(20-8-1)73(62-21-9-2-10-22-62)67-43-31-55(32-44-67)57-35-47-69(48-36-57)75(65-27-15-5-16-28-65)71-51-39-59(40-52-71)60-41-53-72(54-42-60)76(66-29-17-6-18-30-66)70-49-37-58(38-50-70)56-33-45-68(46-34-56)74(63-23-11-3-12-24-63)64-25-13-4-14-26-64;/h1-54H;1H4. The highest BCUT2D eigenvalue weighted by Crippen LogP contribution is 2.41. The summed E-state index contributed by atoms with van der Waals surface area (Å²) in [5.74, 6) is 0. The van der Waals surface area contributed by atoms with E-state index in [1.165, 1.54) is 0 Å². The topological polar surface area (TPSA) is 13.0 Å². The molecule has 4 nitrogen and oxygen atoms in total. The van der Waals surface area contributed by atoms with Crippen molar-refractivity contribution in [3.05, 3.63) is 328 Å². The molecule has 12 aromatic rings. The maximum Gasteiger partial charge on any atom is 0.0462 e. The van der Waals surface area contributed by atoms with Crippen LogP contribution in [-0.2, 0) is 0 Å². The lowest BCUT2D eigenvalue weighted by atomic mass is 10.0. The third-order valence-electron chi connectivity index (χ3n) is 13.8. The van der Waals surface area contributed by atoms with Crippen molar-refractivity contribution in [2.24, 2.45) is 0 Å². The molecule has 0 spiro atoms. The van der Waals surface area contributed by atoms with E-state index in [-0.39, 0.29) is 7.43 Å². The molecular formula is C73H58N4. The van der Waals surface area contributed by atoms with Gasteiger partial charge in [0.2, 0.25) is 0 Å². The molecule has 0 aliphatic carbocycles. The summed E-state index contributed by atoms with van der Waals surface area (Å²) in [6.45, 7) is 0. The lowest BCUT2D eigenvalue weighted by molar-refractivity contribution is 1.28. The predicted octanol–water partition coefficient (Wildman–Crippen LogP) is 21.2. The van der Waals surface area contributed by atoms with Crippen LogP contribution >= 0.6 is 0 Å². The minimum Gasteiger partial charge on any atom is -0.311 e. The Morgan fingerprint density at radius 3 is 0.338 bits per heavy atom. The van der Waals surface area contributed by atoms with Crippen molar-refractivity contribution >= 4 is 68.2 Å². The smallest absolute Gasteiger partial charge is 0.0462 e. The van der Waals surface area contributed by atoms with Crippen molar-refractivity contribution < 1.29 is 0 Å². The van der Waals surface area contributed by atoms with Gasteiger partial charge in [0.25, 0.3) is 0 Å². The summed E-state index contributed by atoms with van der Waals surface area (Å²) >= 11 is 0. The zero-order valence-electron chi connectivity index (χ0n) is 42.0. The number of anilines is 12. The van der Waals surface area contributed by atoms with Gasteiger partial charge in [-0.2, -0.15) is 0 Å². The normalized spacial score (nSPS) is 10.8. The first-order valence-electron chi connectivity index (χ1n) is 25.8. The van der Waals surface area contributed by atoms with E-state index >= 15 is 0 Å². The fourth-order valence-electron chi connectivity index (χ4n) is 10.1. The summed E-state index contributed by atoms with van der Waals surface area (Å²) in [6.07, 6.45) is 0. The maximum absolute atomic E-state index is 2.32. The van der Waals surface area contributed by atoms with E-state index in [1.807, 2.05) is 0 Å². The molecule has 0 heterocycles. The molecule has 0 aliphatic rings. The van der Waals surface area contributed by atoms with Gasteiger partial charge in [0.1, 0.15) is 0 Å². The molecule has 0 saturated heterocycles. The van der Waals surface area contributed by atoms with E-state index in [0.717, 1.165) is 102 Å². The first kappa shape index (κ1) is 49.1.